The first kappa shape index (κ1) is 37.9. The molecular weight excluding hydrogens is 725 g/mol. The number of hydrogen-bond donors (Lipinski definition) is 0. The van der Waals surface area contributed by atoms with Crippen molar-refractivity contribution in [2.75, 3.05) is 9.80 Å². The minimum atomic E-state index is 1.03. The van der Waals surface area contributed by atoms with Crippen LogP contribution >= 0.6 is 0 Å². The van der Waals surface area contributed by atoms with Crippen LogP contribution in [0.2, 0.25) is 0 Å². The van der Waals surface area contributed by atoms with Gasteiger partial charge < -0.3 is 9.80 Å². The van der Waals surface area contributed by atoms with Gasteiger partial charge in [-0.25, -0.2) is 0 Å². The summed E-state index contributed by atoms with van der Waals surface area (Å²) in [5.74, 6) is 0. The summed E-state index contributed by atoms with van der Waals surface area (Å²) in [6, 6.07) is 74.2. The second-order valence-corrected chi connectivity index (χ2v) is 15.0. The quantitative estimate of drug-likeness (QED) is 0.114. The summed E-state index contributed by atoms with van der Waals surface area (Å²) < 4.78 is 0. The Labute approximate surface area is 354 Å². The van der Waals surface area contributed by atoms with Gasteiger partial charge in [0.05, 0.1) is 5.69 Å². The van der Waals surface area contributed by atoms with Crippen LogP contribution in [0.25, 0.3) is 44.7 Å². The van der Waals surface area contributed by atoms with Gasteiger partial charge in [0.2, 0.25) is 0 Å². The number of fused-ring (bicyclic) bond motifs is 1. The molecule has 1 aliphatic carbocycles. The van der Waals surface area contributed by atoms with Crippen molar-refractivity contribution < 1.29 is 0 Å². The van der Waals surface area contributed by atoms with Crippen molar-refractivity contribution in [3.8, 4) is 33.4 Å². The van der Waals surface area contributed by atoms with E-state index >= 15 is 0 Å². The fourth-order valence-electron chi connectivity index (χ4n) is 8.31. The number of anilines is 5. The molecule has 0 spiro atoms. The molecule has 0 atom stereocenters. The minimum Gasteiger partial charge on any atom is -0.310 e. The summed E-state index contributed by atoms with van der Waals surface area (Å²) in [4.78, 5) is 4.75. The maximum absolute atomic E-state index is 4.03. The number of para-hydroxylation sites is 2. The Balaban J connectivity index is 1.05. The van der Waals surface area contributed by atoms with Crippen molar-refractivity contribution in [2.24, 2.45) is 0 Å². The first-order valence-corrected chi connectivity index (χ1v) is 20.6. The van der Waals surface area contributed by atoms with E-state index in [-0.39, 0.29) is 0 Å². The van der Waals surface area contributed by atoms with Crippen LogP contribution in [0.3, 0.4) is 0 Å². The van der Waals surface area contributed by atoms with Gasteiger partial charge in [0, 0.05) is 39.6 Å². The third-order valence-corrected chi connectivity index (χ3v) is 11.3. The van der Waals surface area contributed by atoms with Gasteiger partial charge in [-0.1, -0.05) is 189 Å². The fraction of sp³-hybridized carbons (Fsp3) is 0.0345. The maximum atomic E-state index is 4.03. The van der Waals surface area contributed by atoms with Crippen molar-refractivity contribution in [2.45, 2.75) is 12.8 Å². The van der Waals surface area contributed by atoms with Crippen LogP contribution in [-0.4, -0.2) is 0 Å². The highest BCUT2D eigenvalue weighted by molar-refractivity contribution is 5.91. The molecular formula is C58H46N2. The van der Waals surface area contributed by atoms with Crippen LogP contribution in [0.15, 0.2) is 244 Å². The highest BCUT2D eigenvalue weighted by atomic mass is 15.2. The molecule has 60 heavy (non-hydrogen) atoms. The molecule has 8 aromatic rings. The molecule has 9 rings (SSSR count). The molecule has 0 aliphatic heterocycles. The predicted molar refractivity (Wildman–Crippen MR) is 257 cm³/mol. The van der Waals surface area contributed by atoms with E-state index in [1.807, 2.05) is 12.2 Å². The lowest BCUT2D eigenvalue weighted by Gasteiger charge is -2.31. The first-order valence-electron chi connectivity index (χ1n) is 20.6. The highest BCUT2D eigenvalue weighted by Gasteiger charge is 2.22. The van der Waals surface area contributed by atoms with Crippen molar-refractivity contribution in [3.63, 3.8) is 0 Å². The standard InChI is InChI=1S/C58H46N2/c1-3-16-43(4-2)45-31-37-53(38-32-45)60(54-39-33-47(34-40-54)44-17-7-5-8-18-44)57-25-14-13-24-56(57)50-29-27-46(28-30-50)48-35-41-52(42-36-48)59(51-21-9-6-10-22-51)58-26-15-20-49-19-11-12-23-55(49)58/h3-14,16-19,21-42H,1-2,15,20H2/b43-16+. The Morgan fingerprint density at radius 2 is 0.883 bits per heavy atom. The summed E-state index contributed by atoms with van der Waals surface area (Å²) in [5, 5.41) is 0. The lowest BCUT2D eigenvalue weighted by atomic mass is 9.93. The molecule has 1 aliphatic rings. The molecule has 0 fully saturated rings. The van der Waals surface area contributed by atoms with Gasteiger partial charge in [0.25, 0.3) is 0 Å². The van der Waals surface area contributed by atoms with Crippen LogP contribution in [0, 0.1) is 0 Å². The Morgan fingerprint density at radius 1 is 0.417 bits per heavy atom. The molecule has 0 aromatic heterocycles. The van der Waals surface area contributed by atoms with Crippen LogP contribution in [-0.2, 0) is 6.42 Å². The number of aryl methyl sites for hydroxylation is 1. The largest absolute Gasteiger partial charge is 0.310 e. The lowest BCUT2D eigenvalue weighted by Crippen LogP contribution is -2.18. The fourth-order valence-corrected chi connectivity index (χ4v) is 8.31. The van der Waals surface area contributed by atoms with Crippen molar-refractivity contribution in [1.82, 2.24) is 0 Å². The van der Waals surface area contributed by atoms with Crippen LogP contribution < -0.4 is 9.80 Å². The van der Waals surface area contributed by atoms with Gasteiger partial charge in [-0.3, -0.25) is 0 Å². The molecule has 0 radical (unpaired) electrons. The molecule has 2 heteroatoms. The molecule has 0 saturated heterocycles. The van der Waals surface area contributed by atoms with Gasteiger partial charge in [0.15, 0.2) is 0 Å². The molecule has 0 N–H and O–H groups in total. The zero-order valence-electron chi connectivity index (χ0n) is 33.7. The van der Waals surface area contributed by atoms with E-state index in [4.69, 9.17) is 0 Å². The van der Waals surface area contributed by atoms with E-state index in [1.54, 1.807) is 6.08 Å². The van der Waals surface area contributed by atoms with Gasteiger partial charge in [-0.2, -0.15) is 0 Å². The van der Waals surface area contributed by atoms with E-state index in [0.717, 1.165) is 63.5 Å². The molecule has 0 heterocycles. The van der Waals surface area contributed by atoms with E-state index in [9.17, 15) is 0 Å². The van der Waals surface area contributed by atoms with E-state index < -0.39 is 0 Å². The molecule has 0 unspecified atom stereocenters. The highest BCUT2D eigenvalue weighted by Crippen LogP contribution is 2.43. The minimum absolute atomic E-state index is 1.03. The van der Waals surface area contributed by atoms with Gasteiger partial charge in [-0.15, -0.1) is 0 Å². The normalized spacial score (nSPS) is 12.2. The number of rotatable bonds is 12. The zero-order chi connectivity index (χ0) is 40.7. The smallest absolute Gasteiger partial charge is 0.0540 e. The van der Waals surface area contributed by atoms with Crippen LogP contribution in [0.1, 0.15) is 23.1 Å². The molecule has 0 bridgehead atoms. The van der Waals surface area contributed by atoms with Gasteiger partial charge >= 0.3 is 0 Å². The summed E-state index contributed by atoms with van der Waals surface area (Å²) in [5.41, 5.74) is 18.6. The number of nitrogens with zero attached hydrogens (tertiary/aromatic N) is 2. The monoisotopic (exact) mass is 770 g/mol. The van der Waals surface area contributed by atoms with Gasteiger partial charge in [0.1, 0.15) is 0 Å². The van der Waals surface area contributed by atoms with Crippen LogP contribution in [0.5, 0.6) is 0 Å². The Morgan fingerprint density at radius 3 is 1.50 bits per heavy atom. The summed E-state index contributed by atoms with van der Waals surface area (Å²) in [6.45, 7) is 7.92. The zero-order valence-corrected chi connectivity index (χ0v) is 33.7. The lowest BCUT2D eigenvalue weighted by molar-refractivity contribution is 0.968. The number of benzene rings is 8. The van der Waals surface area contributed by atoms with E-state index in [0.29, 0.717) is 0 Å². The summed E-state index contributed by atoms with van der Waals surface area (Å²) >= 11 is 0. The third kappa shape index (κ3) is 7.79. The van der Waals surface area contributed by atoms with E-state index in [1.165, 1.54) is 39.1 Å². The Hall–Kier alpha value is -7.68. The third-order valence-electron chi connectivity index (χ3n) is 11.3. The molecule has 0 saturated carbocycles. The van der Waals surface area contributed by atoms with Gasteiger partial charge in [-0.05, 0) is 112 Å². The SMILES string of the molecule is C=C/C=C(\C=C)c1ccc(N(c2ccc(-c3ccccc3)cc2)c2ccccc2-c2ccc(-c3ccc(N(C4=CCCc5ccccc54)c4ccccc4)cc3)cc2)cc1. The molecule has 2 nitrogen and oxygen atoms in total. The average Bonchev–Trinajstić information content (AvgIpc) is 3.33. The average molecular weight is 771 g/mol. The predicted octanol–water partition coefficient (Wildman–Crippen LogP) is 16.0. The second kappa shape index (κ2) is 17.4. The topological polar surface area (TPSA) is 6.48 Å². The first-order chi connectivity index (χ1) is 29.7. The second-order valence-electron chi connectivity index (χ2n) is 15.0. The summed E-state index contributed by atoms with van der Waals surface area (Å²) in [7, 11) is 0. The number of allylic oxidation sites excluding steroid dienone is 5. The molecule has 8 aromatic carbocycles. The summed E-state index contributed by atoms with van der Waals surface area (Å²) in [6.07, 6.45) is 10.1. The molecule has 0 amide bonds. The number of hydrogen-bond acceptors (Lipinski definition) is 2. The maximum Gasteiger partial charge on any atom is 0.0540 e. The molecule has 288 valence electrons. The Kier molecular flexibility index (Phi) is 11.0. The van der Waals surface area contributed by atoms with Crippen LogP contribution in [0.4, 0.5) is 28.4 Å². The van der Waals surface area contributed by atoms with Crippen molar-refractivity contribution in [1.29, 1.82) is 0 Å². The van der Waals surface area contributed by atoms with Crippen molar-refractivity contribution in [3.05, 3.63) is 260 Å². The van der Waals surface area contributed by atoms with Crippen molar-refractivity contribution >= 4 is 39.7 Å². The Bertz CT molecular complexity index is 2790. The van der Waals surface area contributed by atoms with E-state index in [2.05, 4.69) is 235 Å².